The minimum atomic E-state index is -1.39. The summed E-state index contributed by atoms with van der Waals surface area (Å²) in [4.78, 5) is 28.0. The van der Waals surface area contributed by atoms with E-state index in [9.17, 15) is 14.7 Å². The third kappa shape index (κ3) is 4.32. The van der Waals surface area contributed by atoms with Crippen LogP contribution in [-0.2, 0) is 4.79 Å². The van der Waals surface area contributed by atoms with E-state index in [4.69, 9.17) is 16.3 Å². The number of carboxylic acids is 1. The summed E-state index contributed by atoms with van der Waals surface area (Å²) in [5.41, 5.74) is 2.01. The number of thioether (sulfide) groups is 1. The van der Waals surface area contributed by atoms with Crippen molar-refractivity contribution in [2.45, 2.75) is 6.92 Å². The fourth-order valence-electron chi connectivity index (χ4n) is 2.48. The number of halogens is 1. The molecule has 0 spiro atoms. The predicted molar refractivity (Wildman–Crippen MR) is 104 cm³/mol. The number of hydrogen-bond donors (Lipinski definition) is 1. The number of aryl methyl sites for hydroxylation is 1. The van der Waals surface area contributed by atoms with Gasteiger partial charge in [-0.2, -0.15) is 0 Å². The molecule has 1 aliphatic heterocycles. The van der Waals surface area contributed by atoms with Crippen LogP contribution in [0.2, 0.25) is 5.02 Å². The van der Waals surface area contributed by atoms with E-state index >= 15 is 0 Å². The van der Waals surface area contributed by atoms with Crippen LogP contribution < -0.4 is 15.2 Å². The first-order valence-corrected chi connectivity index (χ1v) is 9.02. The van der Waals surface area contributed by atoms with Gasteiger partial charge in [-0.3, -0.25) is 4.79 Å². The molecule has 0 radical (unpaired) electrons. The number of carboxylic acid groups (broad SMARTS) is 1. The summed E-state index contributed by atoms with van der Waals surface area (Å²) in [5, 5.41) is 14.1. The van der Waals surface area contributed by atoms with E-state index in [1.165, 1.54) is 23.9 Å². The van der Waals surface area contributed by atoms with E-state index in [0.29, 0.717) is 15.8 Å². The van der Waals surface area contributed by atoms with Crippen LogP contribution in [0.3, 0.4) is 0 Å². The molecule has 1 aliphatic rings. The third-order valence-corrected chi connectivity index (χ3v) is 5.01. The van der Waals surface area contributed by atoms with Gasteiger partial charge in [0.2, 0.25) is 0 Å². The van der Waals surface area contributed by atoms with Crippen LogP contribution in [0.4, 0.5) is 5.69 Å². The van der Waals surface area contributed by atoms with E-state index in [0.717, 1.165) is 16.9 Å². The number of hydrogen-bond acceptors (Lipinski definition) is 6. The Kier molecular flexibility index (Phi) is 5.53. The summed E-state index contributed by atoms with van der Waals surface area (Å²) in [7, 11) is 1.60. The van der Waals surface area contributed by atoms with Gasteiger partial charge in [-0.05, 0) is 66.2 Å². The van der Waals surface area contributed by atoms with Crippen molar-refractivity contribution in [2.75, 3.05) is 7.11 Å². The van der Waals surface area contributed by atoms with Gasteiger partial charge in [0.15, 0.2) is 5.17 Å². The molecule has 0 atom stereocenters. The Hall–Kier alpha value is -2.77. The van der Waals surface area contributed by atoms with Crippen molar-refractivity contribution in [1.82, 2.24) is 5.32 Å². The number of carbonyl (C=O) groups excluding carboxylic acids is 2. The average molecular weight is 402 g/mol. The summed E-state index contributed by atoms with van der Waals surface area (Å²) in [5.74, 6) is -0.892. The molecule has 1 amide bonds. The first-order valence-electron chi connectivity index (χ1n) is 7.82. The van der Waals surface area contributed by atoms with Gasteiger partial charge >= 0.3 is 0 Å². The first kappa shape index (κ1) is 19.0. The quantitative estimate of drug-likeness (QED) is 0.795. The number of amides is 1. The molecule has 138 valence electrons. The minimum absolute atomic E-state index is 0.0671. The maximum Gasteiger partial charge on any atom is 0.264 e. The maximum atomic E-state index is 12.2. The Morgan fingerprint density at radius 2 is 2.07 bits per heavy atom. The number of aromatic carboxylic acids is 1. The Bertz CT molecular complexity index is 1000. The molecule has 1 heterocycles. The van der Waals surface area contributed by atoms with E-state index in [1.54, 1.807) is 19.3 Å². The number of methoxy groups -OCH3 is 1. The summed E-state index contributed by atoms with van der Waals surface area (Å²) < 4.78 is 5.23. The monoisotopic (exact) mass is 401 g/mol. The van der Waals surface area contributed by atoms with Crippen LogP contribution in [0.15, 0.2) is 46.3 Å². The highest BCUT2D eigenvalue weighted by Crippen LogP contribution is 2.30. The molecule has 0 unspecified atom stereocenters. The molecule has 0 aromatic heterocycles. The number of amidine groups is 1. The molecule has 1 saturated heterocycles. The molecule has 6 nitrogen and oxygen atoms in total. The molecule has 1 fully saturated rings. The molecule has 27 heavy (non-hydrogen) atoms. The molecule has 0 bridgehead atoms. The molecule has 3 rings (SSSR count). The number of nitrogens with one attached hydrogen (secondary N) is 1. The highest BCUT2D eigenvalue weighted by molar-refractivity contribution is 8.18. The third-order valence-electron chi connectivity index (χ3n) is 3.77. The predicted octanol–water partition coefficient (Wildman–Crippen LogP) is 2.91. The summed E-state index contributed by atoms with van der Waals surface area (Å²) in [6, 6.07) is 9.88. The van der Waals surface area contributed by atoms with Crippen LogP contribution in [0, 0.1) is 6.92 Å². The lowest BCUT2D eigenvalue weighted by atomic mass is 10.1. The standard InChI is InChI=1S/C19H15ClN2O4S/c1-10-7-11(3-6-15(10)26-2)8-16-17(23)22-19(27-16)21-12-4-5-14(20)13(9-12)18(24)25/h3-9H,1-2H3,(H,24,25)(H,21,22,23)/p-1/b16-8-. The number of benzene rings is 2. The highest BCUT2D eigenvalue weighted by Gasteiger charge is 2.24. The van der Waals surface area contributed by atoms with E-state index in [2.05, 4.69) is 10.3 Å². The zero-order valence-electron chi connectivity index (χ0n) is 14.4. The van der Waals surface area contributed by atoms with Crippen molar-refractivity contribution >= 4 is 52.2 Å². The SMILES string of the molecule is COc1ccc(/C=C2\SC(=Nc3ccc(Cl)c(C(=O)[O-])c3)NC2=O)cc1C. The van der Waals surface area contributed by atoms with Crippen LogP contribution in [-0.4, -0.2) is 24.2 Å². The molecule has 8 heteroatoms. The lowest BCUT2D eigenvalue weighted by Gasteiger charge is -2.06. The smallest absolute Gasteiger partial charge is 0.264 e. The number of ether oxygens (including phenoxy) is 1. The van der Waals surface area contributed by atoms with Gasteiger partial charge in [0.25, 0.3) is 5.91 Å². The number of carbonyl (C=O) groups is 2. The van der Waals surface area contributed by atoms with Crippen molar-refractivity contribution in [1.29, 1.82) is 0 Å². The van der Waals surface area contributed by atoms with Gasteiger partial charge in [0.1, 0.15) is 5.75 Å². The fraction of sp³-hybridized carbons (Fsp3) is 0.105. The summed E-state index contributed by atoms with van der Waals surface area (Å²) >= 11 is 6.98. The Morgan fingerprint density at radius 1 is 1.30 bits per heavy atom. The van der Waals surface area contributed by atoms with Gasteiger partial charge in [-0.1, -0.05) is 17.7 Å². The van der Waals surface area contributed by atoms with Crippen molar-refractivity contribution in [2.24, 2.45) is 4.99 Å². The highest BCUT2D eigenvalue weighted by atomic mass is 35.5. The molecular weight excluding hydrogens is 388 g/mol. The Balaban J connectivity index is 1.85. The zero-order valence-corrected chi connectivity index (χ0v) is 16.0. The molecule has 2 aromatic carbocycles. The molecular formula is C19H14ClN2O4S-. The molecule has 1 N–H and O–H groups in total. The number of nitrogens with zero attached hydrogens (tertiary/aromatic N) is 1. The van der Waals surface area contributed by atoms with Crippen LogP contribution in [0.1, 0.15) is 21.5 Å². The van der Waals surface area contributed by atoms with Crippen molar-refractivity contribution < 1.29 is 19.4 Å². The van der Waals surface area contributed by atoms with Gasteiger partial charge in [0.05, 0.1) is 23.7 Å². The maximum absolute atomic E-state index is 12.2. The van der Waals surface area contributed by atoms with Crippen molar-refractivity contribution in [3.8, 4) is 5.75 Å². The largest absolute Gasteiger partial charge is 0.545 e. The zero-order chi connectivity index (χ0) is 19.6. The fourth-order valence-corrected chi connectivity index (χ4v) is 3.52. The summed E-state index contributed by atoms with van der Waals surface area (Å²) in [6.07, 6.45) is 1.75. The van der Waals surface area contributed by atoms with E-state index < -0.39 is 5.97 Å². The Morgan fingerprint density at radius 3 is 2.74 bits per heavy atom. The second-order valence-corrected chi connectivity index (χ2v) is 7.10. The van der Waals surface area contributed by atoms with Gasteiger partial charge in [-0.15, -0.1) is 0 Å². The number of rotatable bonds is 4. The second kappa shape index (κ2) is 7.85. The van der Waals surface area contributed by atoms with E-state index in [1.807, 2.05) is 25.1 Å². The van der Waals surface area contributed by atoms with Crippen LogP contribution in [0.5, 0.6) is 5.75 Å². The normalized spacial score (nSPS) is 16.6. The van der Waals surface area contributed by atoms with Crippen molar-refractivity contribution in [3.05, 3.63) is 63.0 Å². The summed E-state index contributed by atoms with van der Waals surface area (Å²) in [6.45, 7) is 1.92. The van der Waals surface area contributed by atoms with Gasteiger partial charge in [0, 0.05) is 10.6 Å². The molecule has 2 aromatic rings. The first-order chi connectivity index (χ1) is 12.9. The lowest BCUT2D eigenvalue weighted by Crippen LogP contribution is -2.22. The van der Waals surface area contributed by atoms with Gasteiger partial charge in [-0.25, -0.2) is 4.99 Å². The van der Waals surface area contributed by atoms with E-state index in [-0.39, 0.29) is 16.5 Å². The topological polar surface area (TPSA) is 90.8 Å². The van der Waals surface area contributed by atoms with Gasteiger partial charge < -0.3 is 20.0 Å². The van der Waals surface area contributed by atoms with Crippen LogP contribution in [0.25, 0.3) is 6.08 Å². The minimum Gasteiger partial charge on any atom is -0.545 e. The number of aliphatic imine (C=N–C) groups is 1. The molecule has 0 aliphatic carbocycles. The van der Waals surface area contributed by atoms with Crippen LogP contribution >= 0.6 is 23.4 Å². The van der Waals surface area contributed by atoms with Crippen molar-refractivity contribution in [3.63, 3.8) is 0 Å². The lowest BCUT2D eigenvalue weighted by molar-refractivity contribution is -0.255. The Labute approximate surface area is 164 Å². The molecule has 0 saturated carbocycles. The second-order valence-electron chi connectivity index (χ2n) is 5.66. The average Bonchev–Trinajstić information content (AvgIpc) is 2.95.